The molecular formula is C17H18N2O4. The number of likely N-dealkylation sites (tertiary alicyclic amines) is 1. The molecule has 2 aliphatic rings. The van der Waals surface area contributed by atoms with Gasteiger partial charge in [-0.25, -0.2) is 0 Å². The van der Waals surface area contributed by atoms with E-state index in [-0.39, 0.29) is 12.5 Å². The van der Waals surface area contributed by atoms with E-state index >= 15 is 0 Å². The second-order valence-electron chi connectivity index (χ2n) is 6.44. The Bertz CT molecular complexity index is 757. The van der Waals surface area contributed by atoms with Crippen LogP contribution in [0, 0.1) is 12.3 Å². The van der Waals surface area contributed by atoms with E-state index in [0.29, 0.717) is 19.6 Å². The van der Waals surface area contributed by atoms with Gasteiger partial charge < -0.3 is 14.4 Å². The summed E-state index contributed by atoms with van der Waals surface area (Å²) in [6.45, 7) is 3.76. The zero-order valence-corrected chi connectivity index (χ0v) is 12.9. The van der Waals surface area contributed by atoms with Crippen molar-refractivity contribution in [2.75, 3.05) is 19.7 Å². The van der Waals surface area contributed by atoms with E-state index in [4.69, 9.17) is 9.26 Å². The van der Waals surface area contributed by atoms with Crippen LogP contribution < -0.4 is 4.74 Å². The summed E-state index contributed by atoms with van der Waals surface area (Å²) in [4.78, 5) is 14.1. The van der Waals surface area contributed by atoms with E-state index in [1.807, 2.05) is 37.3 Å². The van der Waals surface area contributed by atoms with Crippen LogP contribution in [0.2, 0.25) is 0 Å². The van der Waals surface area contributed by atoms with Crippen molar-refractivity contribution in [2.45, 2.75) is 19.4 Å². The predicted molar refractivity (Wildman–Crippen MR) is 81.3 cm³/mol. The van der Waals surface area contributed by atoms with Gasteiger partial charge in [0.25, 0.3) is 0 Å². The fraction of sp³-hybridized carbons (Fsp3) is 0.412. The van der Waals surface area contributed by atoms with Crippen LogP contribution in [0.4, 0.5) is 0 Å². The van der Waals surface area contributed by atoms with Crippen molar-refractivity contribution in [1.82, 2.24) is 10.1 Å². The fourth-order valence-electron chi connectivity index (χ4n) is 3.77. The number of hydrogen-bond acceptors (Lipinski definition) is 5. The van der Waals surface area contributed by atoms with Crippen molar-refractivity contribution in [3.8, 4) is 5.75 Å². The maximum atomic E-state index is 12.0. The molecule has 6 nitrogen and oxygen atoms in total. The van der Waals surface area contributed by atoms with Crippen molar-refractivity contribution >= 4 is 5.97 Å². The van der Waals surface area contributed by atoms with Crippen LogP contribution in [-0.4, -0.2) is 40.8 Å². The summed E-state index contributed by atoms with van der Waals surface area (Å²) in [5, 5.41) is 13.8. The zero-order valence-electron chi connectivity index (χ0n) is 12.9. The third-order valence-electron chi connectivity index (χ3n) is 4.88. The summed E-state index contributed by atoms with van der Waals surface area (Å²) in [5.41, 5.74) is 0.916. The molecule has 0 spiro atoms. The minimum Gasteiger partial charge on any atom is -0.492 e. The first kappa shape index (κ1) is 14.3. The molecule has 0 radical (unpaired) electrons. The molecule has 0 aliphatic carbocycles. The smallest absolute Gasteiger partial charge is 0.315 e. The summed E-state index contributed by atoms with van der Waals surface area (Å²) < 4.78 is 11.0. The van der Waals surface area contributed by atoms with Crippen molar-refractivity contribution in [3.63, 3.8) is 0 Å². The van der Waals surface area contributed by atoms with E-state index in [1.165, 1.54) is 0 Å². The van der Waals surface area contributed by atoms with Gasteiger partial charge in [0.05, 0.1) is 12.2 Å². The van der Waals surface area contributed by atoms with E-state index in [1.54, 1.807) is 0 Å². The molecule has 0 bridgehead atoms. The SMILES string of the molecule is Cc1cc(CN2C[C@@H]3c4ccccc4OC[C@]3(C(=O)O)C2)on1. The Balaban J connectivity index is 1.66. The highest BCUT2D eigenvalue weighted by atomic mass is 16.5. The van der Waals surface area contributed by atoms with Crippen LogP contribution in [-0.2, 0) is 11.3 Å². The van der Waals surface area contributed by atoms with E-state index < -0.39 is 11.4 Å². The molecule has 1 aromatic carbocycles. The molecule has 3 heterocycles. The Morgan fingerprint density at radius 3 is 3.04 bits per heavy atom. The molecule has 1 aromatic heterocycles. The maximum Gasteiger partial charge on any atom is 0.315 e. The Labute approximate surface area is 133 Å². The lowest BCUT2D eigenvalue weighted by Gasteiger charge is -2.35. The Hall–Kier alpha value is -2.34. The van der Waals surface area contributed by atoms with Gasteiger partial charge in [0.1, 0.15) is 17.8 Å². The van der Waals surface area contributed by atoms with Crippen LogP contribution >= 0.6 is 0 Å². The quantitative estimate of drug-likeness (QED) is 0.934. The van der Waals surface area contributed by atoms with Gasteiger partial charge in [-0.2, -0.15) is 0 Å². The molecule has 120 valence electrons. The zero-order chi connectivity index (χ0) is 16.0. The number of carbonyl (C=O) groups is 1. The number of ether oxygens (including phenoxy) is 1. The number of para-hydroxylation sites is 1. The van der Waals surface area contributed by atoms with Crippen LogP contribution in [0.3, 0.4) is 0 Å². The number of hydrogen-bond donors (Lipinski definition) is 1. The van der Waals surface area contributed by atoms with Crippen LogP contribution in [0.5, 0.6) is 5.75 Å². The maximum absolute atomic E-state index is 12.0. The van der Waals surface area contributed by atoms with Gasteiger partial charge in [0.2, 0.25) is 0 Å². The largest absolute Gasteiger partial charge is 0.492 e. The van der Waals surface area contributed by atoms with Crippen molar-refractivity contribution < 1.29 is 19.2 Å². The van der Waals surface area contributed by atoms with Gasteiger partial charge >= 0.3 is 5.97 Å². The van der Waals surface area contributed by atoms with Gasteiger partial charge in [-0.15, -0.1) is 0 Å². The van der Waals surface area contributed by atoms with Crippen molar-refractivity contribution in [3.05, 3.63) is 47.3 Å². The molecule has 6 heteroatoms. The molecule has 2 atom stereocenters. The van der Waals surface area contributed by atoms with Crippen LogP contribution in [0.1, 0.15) is 22.9 Å². The first-order valence-electron chi connectivity index (χ1n) is 7.68. The van der Waals surface area contributed by atoms with Gasteiger partial charge in [-0.05, 0) is 18.6 Å². The number of benzene rings is 1. The fourth-order valence-corrected chi connectivity index (χ4v) is 3.77. The summed E-state index contributed by atoms with van der Waals surface area (Å²) in [6, 6.07) is 9.61. The molecular weight excluding hydrogens is 296 g/mol. The minimum absolute atomic E-state index is 0.0750. The summed E-state index contributed by atoms with van der Waals surface area (Å²) >= 11 is 0. The molecule has 1 fully saturated rings. The number of rotatable bonds is 3. The normalized spacial score (nSPS) is 26.4. The molecule has 0 amide bonds. The van der Waals surface area contributed by atoms with Crippen molar-refractivity contribution in [2.24, 2.45) is 5.41 Å². The molecule has 4 rings (SSSR count). The lowest BCUT2D eigenvalue weighted by atomic mass is 9.73. The number of carboxylic acids is 1. The summed E-state index contributed by atoms with van der Waals surface area (Å²) in [7, 11) is 0. The highest BCUT2D eigenvalue weighted by Gasteiger charge is 2.56. The topological polar surface area (TPSA) is 75.8 Å². The van der Waals surface area contributed by atoms with Crippen LogP contribution in [0.15, 0.2) is 34.9 Å². The number of fused-ring (bicyclic) bond motifs is 3. The second kappa shape index (κ2) is 5.09. The summed E-state index contributed by atoms with van der Waals surface area (Å²) in [6.07, 6.45) is 0. The minimum atomic E-state index is -0.899. The Morgan fingerprint density at radius 1 is 1.48 bits per heavy atom. The lowest BCUT2D eigenvalue weighted by Crippen LogP contribution is -2.45. The molecule has 2 aliphatic heterocycles. The third-order valence-corrected chi connectivity index (χ3v) is 4.88. The average Bonchev–Trinajstić information content (AvgIpc) is 3.11. The first-order chi connectivity index (χ1) is 11.1. The average molecular weight is 314 g/mol. The van der Waals surface area contributed by atoms with E-state index in [0.717, 1.165) is 22.8 Å². The summed E-state index contributed by atoms with van der Waals surface area (Å²) in [5.74, 6) is 0.685. The molecule has 0 saturated carbocycles. The van der Waals surface area contributed by atoms with Gasteiger partial charge in [0.15, 0.2) is 5.76 Å². The molecule has 1 saturated heterocycles. The Kier molecular flexibility index (Phi) is 3.16. The standard InChI is InChI=1S/C17H18N2O4/c1-11-6-12(23-18-11)7-19-8-14-13-4-2-3-5-15(13)22-10-17(14,9-19)16(20)21/h2-6,14H,7-10H2,1H3,(H,20,21)/t14-,17-/m1/s1. The van der Waals surface area contributed by atoms with Gasteiger partial charge in [0, 0.05) is 25.1 Å². The molecule has 1 N–H and O–H groups in total. The first-order valence-corrected chi connectivity index (χ1v) is 7.68. The monoisotopic (exact) mass is 314 g/mol. The second-order valence-corrected chi connectivity index (χ2v) is 6.44. The van der Waals surface area contributed by atoms with Gasteiger partial charge in [-0.3, -0.25) is 9.69 Å². The number of aliphatic carboxylic acids is 1. The van der Waals surface area contributed by atoms with Gasteiger partial charge in [-0.1, -0.05) is 23.4 Å². The third kappa shape index (κ3) is 2.21. The Morgan fingerprint density at radius 2 is 2.30 bits per heavy atom. The molecule has 2 aromatic rings. The number of carboxylic acid groups (broad SMARTS) is 1. The lowest BCUT2D eigenvalue weighted by molar-refractivity contribution is -0.151. The van der Waals surface area contributed by atoms with E-state index in [9.17, 15) is 9.90 Å². The van der Waals surface area contributed by atoms with Crippen molar-refractivity contribution in [1.29, 1.82) is 0 Å². The predicted octanol–water partition coefficient (Wildman–Crippen LogP) is 2.05. The van der Waals surface area contributed by atoms with Crippen LogP contribution in [0.25, 0.3) is 0 Å². The molecule has 23 heavy (non-hydrogen) atoms. The number of aryl methyl sites for hydroxylation is 1. The van der Waals surface area contributed by atoms with E-state index in [2.05, 4.69) is 10.1 Å². The highest BCUT2D eigenvalue weighted by molar-refractivity contribution is 5.78. The molecule has 0 unspecified atom stereocenters. The number of aromatic nitrogens is 1. The number of nitrogens with zero attached hydrogens (tertiary/aromatic N) is 2. The highest BCUT2D eigenvalue weighted by Crippen LogP contribution is 2.49.